The molecule has 0 aromatic rings. The first kappa shape index (κ1) is 23.9. The SMILES string of the molecule is [CH2]CCC(F)(F)C(F)(F)C(F)(F)C(F)(F)C(F)(C(F)(F)F)C(F)(F)F. The lowest BCUT2D eigenvalue weighted by Crippen LogP contribution is -2.75. The van der Waals surface area contributed by atoms with Gasteiger partial charge in [-0.3, -0.25) is 0 Å². The van der Waals surface area contributed by atoms with Crippen LogP contribution in [-0.2, 0) is 0 Å². The Balaban J connectivity index is 6.64. The van der Waals surface area contributed by atoms with Crippen LogP contribution in [0, 0.1) is 6.92 Å². The molecule has 151 valence electrons. The summed E-state index contributed by atoms with van der Waals surface area (Å²) >= 11 is 0. The molecule has 0 aromatic heterocycles. The van der Waals surface area contributed by atoms with Crippen LogP contribution in [0.3, 0.4) is 0 Å². The van der Waals surface area contributed by atoms with Crippen LogP contribution in [0.1, 0.15) is 12.8 Å². The first-order chi connectivity index (χ1) is 10.6. The molecule has 0 bridgehead atoms. The average Bonchev–Trinajstić information content (AvgIpc) is 2.33. The topological polar surface area (TPSA) is 0 Å². The molecule has 0 nitrogen and oxygen atoms in total. The molecular weight excluding hydrogens is 405 g/mol. The van der Waals surface area contributed by atoms with E-state index in [0.29, 0.717) is 0 Å². The van der Waals surface area contributed by atoms with Crippen molar-refractivity contribution in [2.24, 2.45) is 0 Å². The lowest BCUT2D eigenvalue weighted by molar-refractivity contribution is -0.457. The molecule has 0 saturated carbocycles. The quantitative estimate of drug-likeness (QED) is 0.473. The summed E-state index contributed by atoms with van der Waals surface area (Å²) < 4.78 is 190. The number of hydrogen-bond acceptors (Lipinski definition) is 0. The molecule has 25 heavy (non-hydrogen) atoms. The van der Waals surface area contributed by atoms with Gasteiger partial charge in [-0.1, -0.05) is 6.92 Å². The van der Waals surface area contributed by atoms with E-state index in [1.54, 1.807) is 0 Å². The third-order valence-corrected chi connectivity index (χ3v) is 2.95. The zero-order chi connectivity index (χ0) is 20.9. The molecule has 0 fully saturated rings. The van der Waals surface area contributed by atoms with Gasteiger partial charge in [-0.25, -0.2) is 4.39 Å². The normalized spacial score (nSPS) is 16.3. The molecule has 0 amide bonds. The third-order valence-electron chi connectivity index (χ3n) is 2.95. The first-order valence-corrected chi connectivity index (χ1v) is 5.69. The summed E-state index contributed by atoms with van der Waals surface area (Å²) in [6.07, 6.45) is -19.5. The van der Waals surface area contributed by atoms with E-state index in [1.807, 2.05) is 0 Å². The summed E-state index contributed by atoms with van der Waals surface area (Å²) in [7, 11) is 0. The van der Waals surface area contributed by atoms with Crippen LogP contribution in [-0.4, -0.2) is 41.7 Å². The van der Waals surface area contributed by atoms with Gasteiger partial charge in [0.2, 0.25) is 0 Å². The van der Waals surface area contributed by atoms with Gasteiger partial charge in [-0.15, -0.1) is 0 Å². The van der Waals surface area contributed by atoms with Gasteiger partial charge >= 0.3 is 41.7 Å². The minimum absolute atomic E-state index is 1.34. The van der Waals surface area contributed by atoms with Gasteiger partial charge in [-0.05, 0) is 6.42 Å². The molecule has 15 heteroatoms. The number of rotatable bonds is 6. The molecule has 0 aliphatic heterocycles. The van der Waals surface area contributed by atoms with E-state index in [2.05, 4.69) is 6.92 Å². The van der Waals surface area contributed by atoms with Crippen molar-refractivity contribution in [2.75, 3.05) is 0 Å². The van der Waals surface area contributed by atoms with Crippen molar-refractivity contribution in [2.45, 2.75) is 54.6 Å². The van der Waals surface area contributed by atoms with E-state index >= 15 is 0 Å². The van der Waals surface area contributed by atoms with Crippen molar-refractivity contribution in [3.63, 3.8) is 0 Å². The Bertz CT molecular complexity index is 454. The van der Waals surface area contributed by atoms with E-state index in [9.17, 15) is 65.9 Å². The summed E-state index contributed by atoms with van der Waals surface area (Å²) in [5.74, 6) is -30.1. The average molecular weight is 411 g/mol. The van der Waals surface area contributed by atoms with Gasteiger partial charge in [-0.2, -0.15) is 61.5 Å². The highest BCUT2D eigenvalue weighted by Gasteiger charge is 2.95. The predicted octanol–water partition coefficient (Wildman–Crippen LogP) is 5.97. The van der Waals surface area contributed by atoms with Crippen LogP contribution in [0.4, 0.5) is 65.9 Å². The van der Waals surface area contributed by atoms with E-state index < -0.39 is 54.6 Å². The third kappa shape index (κ3) is 3.11. The molecule has 1 radical (unpaired) electrons. The van der Waals surface area contributed by atoms with Crippen LogP contribution in [0.15, 0.2) is 0 Å². The summed E-state index contributed by atoms with van der Waals surface area (Å²) in [4.78, 5) is 0. The Morgan fingerprint density at radius 1 is 0.480 bits per heavy atom. The second-order valence-electron chi connectivity index (χ2n) is 4.69. The van der Waals surface area contributed by atoms with E-state index in [-0.39, 0.29) is 0 Å². The summed E-state index contributed by atoms with van der Waals surface area (Å²) in [5.41, 5.74) is -8.24. The van der Waals surface area contributed by atoms with Gasteiger partial charge in [0.15, 0.2) is 0 Å². The summed E-state index contributed by atoms with van der Waals surface area (Å²) in [6, 6.07) is 0. The van der Waals surface area contributed by atoms with Crippen molar-refractivity contribution in [1.29, 1.82) is 0 Å². The second-order valence-corrected chi connectivity index (χ2v) is 4.69. The van der Waals surface area contributed by atoms with Gasteiger partial charge in [0.25, 0.3) is 0 Å². The van der Waals surface area contributed by atoms with E-state index in [4.69, 9.17) is 0 Å². The summed E-state index contributed by atoms with van der Waals surface area (Å²) in [6.45, 7) is 2.48. The number of halogens is 15. The second kappa shape index (κ2) is 5.99. The van der Waals surface area contributed by atoms with Crippen molar-refractivity contribution in [3.05, 3.63) is 6.92 Å². The summed E-state index contributed by atoms with van der Waals surface area (Å²) in [5, 5.41) is 0. The fraction of sp³-hybridized carbons (Fsp3) is 0.900. The Morgan fingerprint density at radius 2 is 0.800 bits per heavy atom. The fourth-order valence-electron chi connectivity index (χ4n) is 1.54. The monoisotopic (exact) mass is 411 g/mol. The molecule has 0 rings (SSSR count). The first-order valence-electron chi connectivity index (χ1n) is 5.69. The van der Waals surface area contributed by atoms with Crippen LogP contribution in [0.5, 0.6) is 0 Å². The Kier molecular flexibility index (Phi) is 5.74. The Labute approximate surface area is 129 Å². The van der Waals surface area contributed by atoms with Crippen molar-refractivity contribution in [3.8, 4) is 0 Å². The predicted molar refractivity (Wildman–Crippen MR) is 50.3 cm³/mol. The minimum atomic E-state index is -8.34. The largest absolute Gasteiger partial charge is 0.438 e. The van der Waals surface area contributed by atoms with Crippen molar-refractivity contribution < 1.29 is 65.9 Å². The molecule has 0 atom stereocenters. The highest BCUT2D eigenvalue weighted by atomic mass is 19.4. The lowest BCUT2D eigenvalue weighted by atomic mass is 9.85. The number of hydrogen-bond donors (Lipinski definition) is 0. The molecule has 0 saturated heterocycles. The van der Waals surface area contributed by atoms with Crippen LogP contribution >= 0.6 is 0 Å². The van der Waals surface area contributed by atoms with E-state index in [1.165, 1.54) is 0 Å². The number of alkyl halides is 15. The molecule has 0 unspecified atom stereocenters. The smallest absolute Gasteiger partial charge is 0.216 e. The van der Waals surface area contributed by atoms with Gasteiger partial charge in [0.1, 0.15) is 0 Å². The standard InChI is InChI=1S/C10H6F15/c1-2-3-4(11,12)6(14,15)8(18,19)7(16,17)5(13,9(20,21)22)10(23,24)25/h1-3H2. The van der Waals surface area contributed by atoms with Crippen LogP contribution in [0.25, 0.3) is 0 Å². The van der Waals surface area contributed by atoms with Gasteiger partial charge in [0, 0.05) is 6.42 Å². The van der Waals surface area contributed by atoms with Crippen molar-refractivity contribution >= 4 is 0 Å². The highest BCUT2D eigenvalue weighted by molar-refractivity contribution is 5.16. The van der Waals surface area contributed by atoms with E-state index in [0.717, 1.165) is 0 Å². The lowest BCUT2D eigenvalue weighted by Gasteiger charge is -2.43. The maximum atomic E-state index is 13.1. The van der Waals surface area contributed by atoms with Crippen LogP contribution in [0.2, 0.25) is 0 Å². The van der Waals surface area contributed by atoms with Gasteiger partial charge < -0.3 is 0 Å². The minimum Gasteiger partial charge on any atom is -0.216 e. The van der Waals surface area contributed by atoms with Crippen molar-refractivity contribution in [1.82, 2.24) is 0 Å². The molecule has 0 spiro atoms. The Hall–Kier alpha value is -1.05. The van der Waals surface area contributed by atoms with Gasteiger partial charge in [0.05, 0.1) is 0 Å². The molecule has 0 heterocycles. The molecular formula is C10H6F15. The maximum absolute atomic E-state index is 13.1. The molecule has 0 N–H and O–H groups in total. The highest BCUT2D eigenvalue weighted by Crippen LogP contribution is 2.64. The zero-order valence-corrected chi connectivity index (χ0v) is 11.3. The molecule has 0 aliphatic rings. The van der Waals surface area contributed by atoms with Crippen LogP contribution < -0.4 is 0 Å². The molecule has 0 aliphatic carbocycles. The fourth-order valence-corrected chi connectivity index (χ4v) is 1.54. The zero-order valence-electron chi connectivity index (χ0n) is 11.3. The maximum Gasteiger partial charge on any atom is 0.438 e. The Morgan fingerprint density at radius 3 is 1.04 bits per heavy atom. The molecule has 0 aromatic carbocycles.